The van der Waals surface area contributed by atoms with Gasteiger partial charge in [-0.1, -0.05) is 146 Å². The predicted octanol–water partition coefficient (Wildman–Crippen LogP) is 11.8. The van der Waals surface area contributed by atoms with E-state index in [9.17, 15) is 5.26 Å². The molecule has 0 saturated carbocycles. The molecular formula is C49H31N3O. The highest BCUT2D eigenvalue weighted by atomic mass is 16.5. The van der Waals surface area contributed by atoms with Crippen molar-refractivity contribution in [1.82, 2.24) is 9.97 Å². The summed E-state index contributed by atoms with van der Waals surface area (Å²) in [6, 6.07) is 61.1. The predicted molar refractivity (Wildman–Crippen MR) is 211 cm³/mol. The Morgan fingerprint density at radius 3 is 1.68 bits per heavy atom. The molecule has 0 fully saturated rings. The maximum absolute atomic E-state index is 10.1. The fourth-order valence-electron chi connectivity index (χ4n) is 8.46. The second-order valence-corrected chi connectivity index (χ2v) is 13.6. The van der Waals surface area contributed by atoms with Crippen LogP contribution in [-0.4, -0.2) is 9.97 Å². The summed E-state index contributed by atoms with van der Waals surface area (Å²) >= 11 is 0. The van der Waals surface area contributed by atoms with Crippen LogP contribution in [0.15, 0.2) is 170 Å². The van der Waals surface area contributed by atoms with Crippen LogP contribution in [-0.2, 0) is 5.41 Å². The minimum absolute atomic E-state index is 0.633. The molecule has 0 bridgehead atoms. The number of nitriles is 1. The number of aromatic nitrogens is 2. The molecule has 0 N–H and O–H groups in total. The van der Waals surface area contributed by atoms with Crippen LogP contribution in [0.25, 0.3) is 56.2 Å². The Labute approximate surface area is 308 Å². The second-order valence-electron chi connectivity index (χ2n) is 13.6. The summed E-state index contributed by atoms with van der Waals surface area (Å²) in [5.74, 6) is 2.35. The fourth-order valence-corrected chi connectivity index (χ4v) is 8.46. The van der Waals surface area contributed by atoms with Gasteiger partial charge in [0.25, 0.3) is 0 Å². The molecule has 0 amide bonds. The van der Waals surface area contributed by atoms with Crippen molar-refractivity contribution in [2.45, 2.75) is 12.3 Å². The van der Waals surface area contributed by atoms with E-state index in [1.165, 1.54) is 11.1 Å². The smallest absolute Gasteiger partial charge is 0.160 e. The largest absolute Gasteiger partial charge is 0.457 e. The number of para-hydroxylation sites is 2. The van der Waals surface area contributed by atoms with Gasteiger partial charge in [0.15, 0.2) is 5.82 Å². The van der Waals surface area contributed by atoms with Gasteiger partial charge in [-0.15, -0.1) is 0 Å². The molecule has 10 rings (SSSR count). The zero-order chi connectivity index (χ0) is 35.5. The standard InChI is InChI=1S/C49H31N3O/c1-31-46(34-13-4-2-5-14-34)51-48(36-15-6-3-7-16-36)52-47(31)35-26-24-33(25-27-35)37-17-12-20-41-45(37)38-28-23-32(30-50)29-42(38)49(41)39-18-8-10-21-43(39)53-44-22-11-9-19-40(44)49/h2-29H,1H3. The van der Waals surface area contributed by atoms with Crippen molar-refractivity contribution in [1.29, 1.82) is 5.26 Å². The zero-order valence-corrected chi connectivity index (χ0v) is 28.9. The molecule has 1 aromatic heterocycles. The molecule has 1 aliphatic carbocycles. The third kappa shape index (κ3) is 4.61. The van der Waals surface area contributed by atoms with Gasteiger partial charge >= 0.3 is 0 Å². The van der Waals surface area contributed by atoms with E-state index in [-0.39, 0.29) is 0 Å². The number of rotatable bonds is 4. The van der Waals surface area contributed by atoms with E-state index in [0.29, 0.717) is 11.4 Å². The van der Waals surface area contributed by atoms with Crippen molar-refractivity contribution in [3.63, 3.8) is 0 Å². The fraction of sp³-hybridized carbons (Fsp3) is 0.0408. The first kappa shape index (κ1) is 30.7. The van der Waals surface area contributed by atoms with Crippen molar-refractivity contribution in [2.24, 2.45) is 0 Å². The Kier molecular flexibility index (Phi) is 6.96. The van der Waals surface area contributed by atoms with Crippen molar-refractivity contribution in [3.8, 4) is 73.7 Å². The first-order valence-corrected chi connectivity index (χ1v) is 17.8. The average Bonchev–Trinajstić information content (AvgIpc) is 3.52. The van der Waals surface area contributed by atoms with Gasteiger partial charge in [-0.05, 0) is 64.6 Å². The molecule has 1 spiro atoms. The highest BCUT2D eigenvalue weighted by molar-refractivity contribution is 5.97. The average molecular weight is 678 g/mol. The van der Waals surface area contributed by atoms with Gasteiger partial charge in [-0.2, -0.15) is 5.26 Å². The van der Waals surface area contributed by atoms with Crippen molar-refractivity contribution < 1.29 is 4.74 Å². The molecule has 2 heterocycles. The molecule has 0 radical (unpaired) electrons. The lowest BCUT2D eigenvalue weighted by Gasteiger charge is -2.39. The number of benzene rings is 7. The first-order valence-electron chi connectivity index (χ1n) is 17.8. The molecule has 53 heavy (non-hydrogen) atoms. The summed E-state index contributed by atoms with van der Waals surface area (Å²) < 4.78 is 6.53. The van der Waals surface area contributed by atoms with Crippen LogP contribution in [0, 0.1) is 18.3 Å². The van der Waals surface area contributed by atoms with E-state index in [1.54, 1.807) is 0 Å². The summed E-state index contributed by atoms with van der Waals surface area (Å²) in [6.45, 7) is 2.11. The van der Waals surface area contributed by atoms with Gasteiger partial charge < -0.3 is 4.74 Å². The lowest BCUT2D eigenvalue weighted by atomic mass is 9.66. The zero-order valence-electron chi connectivity index (χ0n) is 28.9. The van der Waals surface area contributed by atoms with Gasteiger partial charge in [-0.25, -0.2) is 9.97 Å². The molecule has 4 heteroatoms. The summed E-state index contributed by atoms with van der Waals surface area (Å²) in [4.78, 5) is 10.2. The van der Waals surface area contributed by atoms with Gasteiger partial charge in [0, 0.05) is 33.4 Å². The van der Waals surface area contributed by atoms with E-state index < -0.39 is 5.41 Å². The minimum Gasteiger partial charge on any atom is -0.457 e. The Hall–Kier alpha value is -7.09. The molecule has 248 valence electrons. The molecule has 0 unspecified atom stereocenters. The van der Waals surface area contributed by atoms with E-state index >= 15 is 0 Å². The van der Waals surface area contributed by atoms with E-state index in [2.05, 4.69) is 116 Å². The number of hydrogen-bond donors (Lipinski definition) is 0. The molecule has 8 aromatic rings. The summed E-state index contributed by atoms with van der Waals surface area (Å²) in [7, 11) is 0. The van der Waals surface area contributed by atoms with Gasteiger partial charge in [-0.3, -0.25) is 0 Å². The van der Waals surface area contributed by atoms with Crippen molar-refractivity contribution >= 4 is 0 Å². The molecule has 0 saturated heterocycles. The molecular weight excluding hydrogens is 647 g/mol. The van der Waals surface area contributed by atoms with Crippen LogP contribution >= 0.6 is 0 Å². The minimum atomic E-state index is -0.654. The number of fused-ring (bicyclic) bond motifs is 9. The van der Waals surface area contributed by atoms with Crippen molar-refractivity contribution in [3.05, 3.63) is 203 Å². The van der Waals surface area contributed by atoms with Crippen LogP contribution in [0.1, 0.15) is 33.4 Å². The third-order valence-electron chi connectivity index (χ3n) is 10.8. The van der Waals surface area contributed by atoms with E-state index in [1.807, 2.05) is 66.7 Å². The summed E-state index contributed by atoms with van der Waals surface area (Å²) in [5.41, 5.74) is 14.9. The molecule has 1 aliphatic heterocycles. The van der Waals surface area contributed by atoms with E-state index in [4.69, 9.17) is 14.7 Å². The van der Waals surface area contributed by atoms with Crippen LogP contribution in [0.2, 0.25) is 0 Å². The maximum Gasteiger partial charge on any atom is 0.160 e. The van der Waals surface area contributed by atoms with Crippen LogP contribution in [0.4, 0.5) is 0 Å². The summed E-state index contributed by atoms with van der Waals surface area (Å²) in [5, 5.41) is 10.1. The Morgan fingerprint density at radius 2 is 1.04 bits per heavy atom. The van der Waals surface area contributed by atoms with Crippen molar-refractivity contribution in [2.75, 3.05) is 0 Å². The first-order chi connectivity index (χ1) is 26.1. The van der Waals surface area contributed by atoms with Gasteiger partial charge in [0.1, 0.15) is 11.5 Å². The molecule has 2 aliphatic rings. The number of nitrogens with zero attached hydrogens (tertiary/aromatic N) is 3. The normalized spacial score (nSPS) is 12.9. The molecule has 7 aromatic carbocycles. The van der Waals surface area contributed by atoms with Crippen LogP contribution in [0.3, 0.4) is 0 Å². The molecule has 4 nitrogen and oxygen atoms in total. The van der Waals surface area contributed by atoms with E-state index in [0.717, 1.165) is 78.5 Å². The third-order valence-corrected chi connectivity index (χ3v) is 10.8. The Bertz CT molecular complexity index is 2720. The highest BCUT2D eigenvalue weighted by Gasteiger charge is 2.51. The Balaban J connectivity index is 1.17. The summed E-state index contributed by atoms with van der Waals surface area (Å²) in [6.07, 6.45) is 0. The number of hydrogen-bond acceptors (Lipinski definition) is 4. The van der Waals surface area contributed by atoms with Crippen LogP contribution < -0.4 is 4.74 Å². The lowest BCUT2D eigenvalue weighted by Crippen LogP contribution is -2.32. The highest BCUT2D eigenvalue weighted by Crippen LogP contribution is 2.63. The van der Waals surface area contributed by atoms with Gasteiger partial charge in [0.05, 0.1) is 28.4 Å². The molecule has 0 atom stereocenters. The monoisotopic (exact) mass is 677 g/mol. The quantitative estimate of drug-likeness (QED) is 0.186. The topological polar surface area (TPSA) is 58.8 Å². The van der Waals surface area contributed by atoms with Gasteiger partial charge in [0.2, 0.25) is 0 Å². The second kappa shape index (κ2) is 12.0. The van der Waals surface area contributed by atoms with Crippen LogP contribution in [0.5, 0.6) is 11.5 Å². The Morgan fingerprint density at radius 1 is 0.491 bits per heavy atom. The number of ether oxygens (including phenoxy) is 1. The maximum atomic E-state index is 10.1. The lowest BCUT2D eigenvalue weighted by molar-refractivity contribution is 0.436. The SMILES string of the molecule is Cc1c(-c2ccccc2)nc(-c2ccccc2)nc1-c1ccc(-c2cccc3c2-c2ccc(C#N)cc2C32c3ccccc3Oc3ccccc32)cc1.